The number of aryl methyl sites for hydroxylation is 1. The van der Waals surface area contributed by atoms with E-state index in [1.54, 1.807) is 10.8 Å². The molecular formula is C19H17FN4O3. The number of hydrogen-bond donors (Lipinski definition) is 2. The third-order valence-corrected chi connectivity index (χ3v) is 5.01. The van der Waals surface area contributed by atoms with Gasteiger partial charge in [0.05, 0.1) is 17.3 Å². The molecule has 0 bridgehead atoms. The van der Waals surface area contributed by atoms with Gasteiger partial charge in [-0.2, -0.15) is 5.26 Å². The molecule has 1 aliphatic rings. The van der Waals surface area contributed by atoms with Gasteiger partial charge >= 0.3 is 0 Å². The number of aliphatic hydroxyl groups excluding tert-OH is 2. The first-order chi connectivity index (χ1) is 13.0. The Balaban J connectivity index is 1.63. The number of halogens is 1. The van der Waals surface area contributed by atoms with Gasteiger partial charge in [0.25, 0.3) is 0 Å². The van der Waals surface area contributed by atoms with Gasteiger partial charge in [0.1, 0.15) is 47.9 Å². The van der Waals surface area contributed by atoms with Gasteiger partial charge in [0, 0.05) is 18.0 Å². The van der Waals surface area contributed by atoms with Crippen LogP contribution in [-0.2, 0) is 0 Å². The Hall–Kier alpha value is -3.02. The number of ether oxygens (including phenoxy) is 1. The molecule has 1 aliphatic carbocycles. The third-order valence-electron chi connectivity index (χ3n) is 5.01. The molecule has 7 nitrogen and oxygen atoms in total. The molecule has 1 saturated carbocycles. The Morgan fingerprint density at radius 2 is 2.07 bits per heavy atom. The van der Waals surface area contributed by atoms with Crippen molar-refractivity contribution in [3.05, 3.63) is 53.9 Å². The summed E-state index contributed by atoms with van der Waals surface area (Å²) in [5, 5.41) is 31.0. The number of nitrogens with zero attached hydrogens (tertiary/aromatic N) is 4. The van der Waals surface area contributed by atoms with Gasteiger partial charge in [-0.25, -0.2) is 14.4 Å². The van der Waals surface area contributed by atoms with Crippen molar-refractivity contribution in [2.24, 2.45) is 0 Å². The Bertz CT molecular complexity index is 1050. The van der Waals surface area contributed by atoms with Crippen LogP contribution < -0.4 is 4.74 Å². The Morgan fingerprint density at radius 3 is 2.85 bits per heavy atom. The van der Waals surface area contributed by atoms with E-state index < -0.39 is 30.2 Å². The van der Waals surface area contributed by atoms with Gasteiger partial charge in [0.2, 0.25) is 0 Å². The monoisotopic (exact) mass is 368 g/mol. The molecule has 0 amide bonds. The maximum atomic E-state index is 13.3. The minimum absolute atomic E-state index is 0.0370. The lowest BCUT2D eigenvalue weighted by Gasteiger charge is -2.19. The summed E-state index contributed by atoms with van der Waals surface area (Å²) in [7, 11) is 0. The fourth-order valence-corrected chi connectivity index (χ4v) is 3.58. The lowest BCUT2D eigenvalue weighted by molar-refractivity contribution is -0.0164. The lowest BCUT2D eigenvalue weighted by atomic mass is 10.2. The van der Waals surface area contributed by atoms with Crippen molar-refractivity contribution in [3.63, 3.8) is 0 Å². The maximum absolute atomic E-state index is 13.3. The van der Waals surface area contributed by atoms with Crippen LogP contribution in [0.1, 0.15) is 23.7 Å². The molecule has 2 N–H and O–H groups in total. The summed E-state index contributed by atoms with van der Waals surface area (Å²) in [5.74, 6) is -0.371. The Labute approximate surface area is 154 Å². The third kappa shape index (κ3) is 2.91. The van der Waals surface area contributed by atoms with Crippen LogP contribution in [0.4, 0.5) is 4.39 Å². The second-order valence-corrected chi connectivity index (χ2v) is 6.61. The first-order valence-corrected chi connectivity index (χ1v) is 8.50. The largest absolute Gasteiger partial charge is 0.486 e. The summed E-state index contributed by atoms with van der Waals surface area (Å²) in [4.78, 5) is 8.44. The van der Waals surface area contributed by atoms with Crippen LogP contribution in [0.5, 0.6) is 5.75 Å². The molecule has 138 valence electrons. The smallest absolute Gasteiger partial charge is 0.143 e. The van der Waals surface area contributed by atoms with Crippen LogP contribution in [0, 0.1) is 24.1 Å². The van der Waals surface area contributed by atoms with Crippen molar-refractivity contribution in [2.45, 2.75) is 37.7 Å². The van der Waals surface area contributed by atoms with Gasteiger partial charge in [-0.1, -0.05) is 0 Å². The van der Waals surface area contributed by atoms with Crippen molar-refractivity contribution in [3.8, 4) is 11.8 Å². The number of hydrogen-bond acceptors (Lipinski definition) is 6. The van der Waals surface area contributed by atoms with E-state index in [9.17, 15) is 14.6 Å². The minimum Gasteiger partial charge on any atom is -0.486 e. The second kappa shape index (κ2) is 6.61. The van der Waals surface area contributed by atoms with E-state index in [2.05, 4.69) is 9.97 Å². The normalized spacial score (nSPS) is 24.9. The number of benzene rings is 1. The first kappa shape index (κ1) is 17.4. The molecule has 0 spiro atoms. The number of rotatable bonds is 3. The van der Waals surface area contributed by atoms with E-state index in [1.165, 1.54) is 18.5 Å². The molecule has 0 saturated heterocycles. The van der Waals surface area contributed by atoms with Crippen LogP contribution >= 0.6 is 0 Å². The van der Waals surface area contributed by atoms with Gasteiger partial charge in [-0.15, -0.1) is 0 Å². The number of aliphatic hydroxyl groups is 2. The van der Waals surface area contributed by atoms with Crippen LogP contribution in [0.15, 0.2) is 36.8 Å². The van der Waals surface area contributed by atoms with Crippen molar-refractivity contribution < 1.29 is 19.3 Å². The summed E-state index contributed by atoms with van der Waals surface area (Å²) in [5.41, 5.74) is 1.53. The standard InChI is InChI=1S/C19H17FN4O3/c1-10-13-4-5-24(19(13)23-9-22-10)14-7-16(18(26)17(14)25)27-15-3-2-12(20)6-11(15)8-21/h2-6,9,14,16-18,25-26H,7H2,1H3/t14?,16-,17?,18?/m1/s1. The zero-order valence-electron chi connectivity index (χ0n) is 14.5. The summed E-state index contributed by atoms with van der Waals surface area (Å²) in [6.45, 7) is 1.87. The Morgan fingerprint density at radius 1 is 1.26 bits per heavy atom. The highest BCUT2D eigenvalue weighted by Gasteiger charge is 2.44. The molecule has 3 unspecified atom stereocenters. The molecule has 3 aromatic rings. The fourth-order valence-electron chi connectivity index (χ4n) is 3.58. The number of nitriles is 1. The fraction of sp³-hybridized carbons (Fsp3) is 0.316. The molecule has 8 heteroatoms. The van der Waals surface area contributed by atoms with Crippen LogP contribution in [0.2, 0.25) is 0 Å². The van der Waals surface area contributed by atoms with Crippen molar-refractivity contribution >= 4 is 11.0 Å². The average molecular weight is 368 g/mol. The van der Waals surface area contributed by atoms with E-state index in [0.29, 0.717) is 12.1 Å². The van der Waals surface area contributed by atoms with Crippen LogP contribution in [0.3, 0.4) is 0 Å². The highest BCUT2D eigenvalue weighted by atomic mass is 19.1. The molecule has 27 heavy (non-hydrogen) atoms. The summed E-state index contributed by atoms with van der Waals surface area (Å²) in [6, 6.07) is 6.89. The first-order valence-electron chi connectivity index (χ1n) is 8.50. The average Bonchev–Trinajstić information content (AvgIpc) is 3.20. The summed E-state index contributed by atoms with van der Waals surface area (Å²) >= 11 is 0. The molecule has 4 atom stereocenters. The number of fused-ring (bicyclic) bond motifs is 1. The van der Waals surface area contributed by atoms with E-state index in [1.807, 2.05) is 19.1 Å². The van der Waals surface area contributed by atoms with E-state index in [4.69, 9.17) is 10.00 Å². The van der Waals surface area contributed by atoms with Gasteiger partial charge in [-0.3, -0.25) is 0 Å². The zero-order valence-corrected chi connectivity index (χ0v) is 14.5. The number of aromatic nitrogens is 3. The molecule has 2 aromatic heterocycles. The molecule has 2 heterocycles. The highest BCUT2D eigenvalue weighted by Crippen LogP contribution is 2.36. The van der Waals surface area contributed by atoms with Gasteiger partial charge < -0.3 is 19.5 Å². The molecule has 0 radical (unpaired) electrons. The SMILES string of the molecule is Cc1ncnc2c1ccn2C1C[C@@H](Oc2ccc(F)cc2C#N)C(O)C1O. The van der Waals surface area contributed by atoms with E-state index in [-0.39, 0.29) is 11.3 Å². The van der Waals surface area contributed by atoms with Gasteiger partial charge in [-0.05, 0) is 31.2 Å². The molecular weight excluding hydrogens is 351 g/mol. The predicted molar refractivity (Wildman–Crippen MR) is 93.5 cm³/mol. The minimum atomic E-state index is -1.16. The summed E-state index contributed by atoms with van der Waals surface area (Å²) < 4.78 is 20.9. The molecule has 1 fully saturated rings. The zero-order chi connectivity index (χ0) is 19.1. The summed E-state index contributed by atoms with van der Waals surface area (Å²) in [6.07, 6.45) is 0.574. The molecule has 0 aliphatic heterocycles. The molecule has 4 rings (SSSR count). The van der Waals surface area contributed by atoms with Crippen molar-refractivity contribution in [2.75, 3.05) is 0 Å². The predicted octanol–water partition coefficient (Wildman–Crippen LogP) is 1.86. The Kier molecular flexibility index (Phi) is 4.26. The second-order valence-electron chi connectivity index (χ2n) is 6.61. The topological polar surface area (TPSA) is 104 Å². The molecule has 1 aromatic carbocycles. The van der Waals surface area contributed by atoms with Crippen LogP contribution in [0.25, 0.3) is 11.0 Å². The van der Waals surface area contributed by atoms with Crippen LogP contribution in [-0.4, -0.2) is 43.1 Å². The van der Waals surface area contributed by atoms with Crippen molar-refractivity contribution in [1.82, 2.24) is 14.5 Å². The highest BCUT2D eigenvalue weighted by molar-refractivity contribution is 5.78. The van der Waals surface area contributed by atoms with E-state index >= 15 is 0 Å². The quantitative estimate of drug-likeness (QED) is 0.731. The van der Waals surface area contributed by atoms with E-state index in [0.717, 1.165) is 17.1 Å². The van der Waals surface area contributed by atoms with Crippen molar-refractivity contribution in [1.29, 1.82) is 5.26 Å². The van der Waals surface area contributed by atoms with Gasteiger partial charge in [0.15, 0.2) is 0 Å². The lowest BCUT2D eigenvalue weighted by Crippen LogP contribution is -2.34. The maximum Gasteiger partial charge on any atom is 0.143 e.